The lowest BCUT2D eigenvalue weighted by Gasteiger charge is -2.10. The van der Waals surface area contributed by atoms with Gasteiger partial charge in [-0.05, 0) is 54.1 Å². The Morgan fingerprint density at radius 2 is 1.50 bits per heavy atom. The zero-order chi connectivity index (χ0) is 20.1. The third kappa shape index (κ3) is 4.43. The Hall–Kier alpha value is -3.48. The van der Waals surface area contributed by atoms with Gasteiger partial charge in [0, 0.05) is 17.9 Å². The predicted molar refractivity (Wildman–Crippen MR) is 101 cm³/mol. The van der Waals surface area contributed by atoms with Crippen molar-refractivity contribution >= 4 is 17.3 Å². The molecule has 0 spiro atoms. The van der Waals surface area contributed by atoms with E-state index < -0.39 is 28.9 Å². The Bertz CT molecular complexity index is 974. The predicted octanol–water partition coefficient (Wildman–Crippen LogP) is 4.98. The van der Waals surface area contributed by atoms with E-state index in [2.05, 4.69) is 10.6 Å². The number of ether oxygens (including phenoxy) is 1. The topological polar surface area (TPSA) is 50.4 Å². The van der Waals surface area contributed by atoms with E-state index in [0.29, 0.717) is 18.3 Å². The zero-order valence-electron chi connectivity index (χ0n) is 14.9. The van der Waals surface area contributed by atoms with Crippen molar-refractivity contribution in [1.29, 1.82) is 0 Å². The molecule has 3 aromatic rings. The molecule has 0 bridgehead atoms. The van der Waals surface area contributed by atoms with Crippen molar-refractivity contribution in [2.24, 2.45) is 0 Å². The van der Waals surface area contributed by atoms with E-state index in [-0.39, 0.29) is 0 Å². The molecule has 28 heavy (non-hydrogen) atoms. The van der Waals surface area contributed by atoms with Crippen molar-refractivity contribution < 1.29 is 22.7 Å². The zero-order valence-corrected chi connectivity index (χ0v) is 14.9. The van der Waals surface area contributed by atoms with Gasteiger partial charge in [-0.25, -0.2) is 13.2 Å². The maximum Gasteiger partial charge on any atom is 0.258 e. The minimum atomic E-state index is -1.68. The van der Waals surface area contributed by atoms with Crippen LogP contribution in [0.5, 0.6) is 5.75 Å². The fourth-order valence-electron chi connectivity index (χ4n) is 2.52. The minimum absolute atomic E-state index is 0.393. The van der Waals surface area contributed by atoms with Crippen LogP contribution in [0.1, 0.15) is 15.9 Å². The number of anilines is 2. The molecular formula is C21H17F3N2O2. The van der Waals surface area contributed by atoms with Crippen LogP contribution in [0.4, 0.5) is 24.5 Å². The summed E-state index contributed by atoms with van der Waals surface area (Å²) in [5.41, 5.74) is 1.70. The number of hydrogen-bond acceptors (Lipinski definition) is 3. The lowest BCUT2D eigenvalue weighted by molar-refractivity contribution is 0.102. The summed E-state index contributed by atoms with van der Waals surface area (Å²) in [5, 5.41) is 5.68. The van der Waals surface area contributed by atoms with Crippen LogP contribution in [0, 0.1) is 17.5 Å². The fourth-order valence-corrected chi connectivity index (χ4v) is 2.52. The normalized spacial score (nSPS) is 10.4. The molecule has 4 nitrogen and oxygen atoms in total. The number of benzene rings is 3. The largest absolute Gasteiger partial charge is 0.497 e. The molecular weight excluding hydrogens is 369 g/mol. The first kappa shape index (κ1) is 19.3. The second-order valence-electron chi connectivity index (χ2n) is 5.96. The van der Waals surface area contributed by atoms with E-state index in [1.165, 1.54) is 0 Å². The molecule has 0 fully saturated rings. The van der Waals surface area contributed by atoms with E-state index >= 15 is 0 Å². The SMILES string of the molecule is COc1ccc(CNc2ccc(NC(=O)c3ccc(F)c(F)c3F)cc2)cc1. The Morgan fingerprint density at radius 1 is 0.857 bits per heavy atom. The van der Waals surface area contributed by atoms with Crippen molar-refractivity contribution in [3.8, 4) is 5.75 Å². The highest BCUT2D eigenvalue weighted by Gasteiger charge is 2.18. The molecule has 3 aromatic carbocycles. The summed E-state index contributed by atoms with van der Waals surface area (Å²) in [4.78, 5) is 12.1. The molecule has 0 aliphatic carbocycles. The third-order valence-corrected chi connectivity index (χ3v) is 4.08. The molecule has 7 heteroatoms. The van der Waals surface area contributed by atoms with E-state index in [9.17, 15) is 18.0 Å². The number of amides is 1. The number of halogens is 3. The number of carbonyl (C=O) groups is 1. The monoisotopic (exact) mass is 386 g/mol. The Balaban J connectivity index is 1.61. The second-order valence-corrected chi connectivity index (χ2v) is 5.96. The van der Waals surface area contributed by atoms with E-state index in [0.717, 1.165) is 23.1 Å². The molecule has 0 atom stereocenters. The number of hydrogen-bond donors (Lipinski definition) is 2. The number of carbonyl (C=O) groups excluding carboxylic acids is 1. The van der Waals surface area contributed by atoms with Gasteiger partial charge < -0.3 is 15.4 Å². The van der Waals surface area contributed by atoms with Gasteiger partial charge in [0.25, 0.3) is 5.91 Å². The summed E-state index contributed by atoms with van der Waals surface area (Å²) < 4.78 is 45.0. The summed E-state index contributed by atoms with van der Waals surface area (Å²) in [5.74, 6) is -4.63. The third-order valence-electron chi connectivity index (χ3n) is 4.08. The van der Waals surface area contributed by atoms with Crippen LogP contribution in [0.15, 0.2) is 60.7 Å². The highest BCUT2D eigenvalue weighted by Crippen LogP contribution is 2.19. The maximum absolute atomic E-state index is 13.7. The highest BCUT2D eigenvalue weighted by molar-refractivity contribution is 6.04. The summed E-state index contributed by atoms with van der Waals surface area (Å²) >= 11 is 0. The smallest absolute Gasteiger partial charge is 0.258 e. The Labute approximate surface area is 160 Å². The van der Waals surface area contributed by atoms with Crippen LogP contribution in [0.25, 0.3) is 0 Å². The minimum Gasteiger partial charge on any atom is -0.497 e. The van der Waals surface area contributed by atoms with Crippen LogP contribution in [0.3, 0.4) is 0 Å². The number of methoxy groups -OCH3 is 1. The van der Waals surface area contributed by atoms with Crippen molar-refractivity contribution in [1.82, 2.24) is 0 Å². The molecule has 0 aliphatic rings. The highest BCUT2D eigenvalue weighted by atomic mass is 19.2. The lowest BCUT2D eigenvalue weighted by atomic mass is 10.1. The first-order valence-corrected chi connectivity index (χ1v) is 8.39. The molecule has 2 N–H and O–H groups in total. The molecule has 0 saturated heterocycles. The molecule has 0 heterocycles. The summed E-state index contributed by atoms with van der Waals surface area (Å²) in [7, 11) is 1.61. The van der Waals surface area contributed by atoms with E-state index in [4.69, 9.17) is 4.74 Å². The molecule has 1 amide bonds. The van der Waals surface area contributed by atoms with Crippen LogP contribution in [0.2, 0.25) is 0 Å². The van der Waals surface area contributed by atoms with Gasteiger partial charge >= 0.3 is 0 Å². The average Bonchev–Trinajstić information content (AvgIpc) is 2.72. The first-order chi connectivity index (χ1) is 13.5. The van der Waals surface area contributed by atoms with Crippen molar-refractivity contribution in [3.05, 3.63) is 89.2 Å². The quantitative estimate of drug-likeness (QED) is 0.588. The molecule has 3 rings (SSSR count). The maximum atomic E-state index is 13.7. The van der Waals surface area contributed by atoms with Crippen LogP contribution in [-0.4, -0.2) is 13.0 Å². The number of nitrogens with one attached hydrogen (secondary N) is 2. The summed E-state index contributed by atoms with van der Waals surface area (Å²) in [6.07, 6.45) is 0. The van der Waals surface area contributed by atoms with Gasteiger partial charge in [0.05, 0.1) is 12.7 Å². The van der Waals surface area contributed by atoms with Crippen LogP contribution < -0.4 is 15.4 Å². The molecule has 0 radical (unpaired) electrons. The fraction of sp³-hybridized carbons (Fsp3) is 0.0952. The molecule has 0 aliphatic heterocycles. The van der Waals surface area contributed by atoms with Gasteiger partial charge in [0.1, 0.15) is 5.75 Å². The van der Waals surface area contributed by atoms with E-state index in [1.807, 2.05) is 24.3 Å². The molecule has 0 saturated carbocycles. The van der Waals surface area contributed by atoms with E-state index in [1.54, 1.807) is 31.4 Å². The lowest BCUT2D eigenvalue weighted by Crippen LogP contribution is -2.15. The van der Waals surface area contributed by atoms with Crippen molar-refractivity contribution in [2.45, 2.75) is 6.54 Å². The first-order valence-electron chi connectivity index (χ1n) is 8.39. The van der Waals surface area contributed by atoms with Gasteiger partial charge in [0.15, 0.2) is 17.5 Å². The molecule has 0 unspecified atom stereocenters. The molecule has 144 valence electrons. The average molecular weight is 386 g/mol. The second kappa shape index (κ2) is 8.47. The van der Waals surface area contributed by atoms with Gasteiger partial charge in [0.2, 0.25) is 0 Å². The Kier molecular flexibility index (Phi) is 5.84. The Morgan fingerprint density at radius 3 is 2.14 bits per heavy atom. The van der Waals surface area contributed by atoms with Gasteiger partial charge in [-0.1, -0.05) is 12.1 Å². The molecule has 0 aromatic heterocycles. The summed E-state index contributed by atoms with van der Waals surface area (Å²) in [6.45, 7) is 0.593. The van der Waals surface area contributed by atoms with Crippen LogP contribution in [-0.2, 0) is 6.54 Å². The number of rotatable bonds is 6. The summed E-state index contributed by atoms with van der Waals surface area (Å²) in [6, 6.07) is 15.9. The van der Waals surface area contributed by atoms with Gasteiger partial charge in [-0.15, -0.1) is 0 Å². The van der Waals surface area contributed by atoms with Crippen LogP contribution >= 0.6 is 0 Å². The standard InChI is InChI=1S/C21H17F3N2O2/c1-28-16-8-2-13(3-9-16)12-25-14-4-6-15(7-5-14)26-21(27)17-10-11-18(22)20(24)19(17)23/h2-11,25H,12H2,1H3,(H,26,27). The van der Waals surface area contributed by atoms with Crippen molar-refractivity contribution in [3.63, 3.8) is 0 Å². The van der Waals surface area contributed by atoms with Crippen molar-refractivity contribution in [2.75, 3.05) is 17.7 Å². The van der Waals surface area contributed by atoms with Gasteiger partial charge in [-0.2, -0.15) is 0 Å². The van der Waals surface area contributed by atoms with Gasteiger partial charge in [-0.3, -0.25) is 4.79 Å².